The first-order valence-corrected chi connectivity index (χ1v) is 7.02. The van der Waals surface area contributed by atoms with E-state index in [9.17, 15) is 4.79 Å². The van der Waals surface area contributed by atoms with Crippen molar-refractivity contribution in [2.45, 2.75) is 32.2 Å². The smallest absolute Gasteiger partial charge is 0.227 e. The maximum Gasteiger partial charge on any atom is 0.227 e. The molecule has 1 aliphatic rings. The first-order valence-electron chi connectivity index (χ1n) is 7.02. The molecule has 6 nitrogen and oxygen atoms in total. The van der Waals surface area contributed by atoms with Gasteiger partial charge in [0.1, 0.15) is 0 Å². The lowest BCUT2D eigenvalue weighted by Gasteiger charge is -2.25. The van der Waals surface area contributed by atoms with Gasteiger partial charge in [-0.15, -0.1) is 10.2 Å². The number of hydrogen-bond donors (Lipinski definition) is 2. The van der Waals surface area contributed by atoms with Crippen LogP contribution in [0.2, 0.25) is 0 Å². The Kier molecular flexibility index (Phi) is 3.40. The number of nitrogens with zero attached hydrogens (tertiary/aromatic N) is 3. The zero-order valence-electron chi connectivity index (χ0n) is 11.4. The van der Waals surface area contributed by atoms with Crippen LogP contribution in [-0.4, -0.2) is 27.0 Å². The van der Waals surface area contributed by atoms with Crippen LogP contribution in [0.4, 0.5) is 0 Å². The molecular weight excluding hydrogens is 254 g/mol. The van der Waals surface area contributed by atoms with Gasteiger partial charge in [-0.25, -0.2) is 0 Å². The number of fused-ring (bicyclic) bond motifs is 1. The first-order chi connectivity index (χ1) is 9.75. The number of nitrogens with two attached hydrogens (primary N) is 1. The Balaban J connectivity index is 1.71. The van der Waals surface area contributed by atoms with Gasteiger partial charge in [0.2, 0.25) is 5.91 Å². The summed E-state index contributed by atoms with van der Waals surface area (Å²) < 4.78 is 1.88. The van der Waals surface area contributed by atoms with E-state index in [4.69, 9.17) is 5.73 Å². The topological polar surface area (TPSA) is 85.3 Å². The molecule has 0 bridgehead atoms. The molecule has 106 valence electrons. The fourth-order valence-corrected chi connectivity index (χ4v) is 2.93. The van der Waals surface area contributed by atoms with Gasteiger partial charge in [-0.2, -0.15) is 0 Å². The predicted octanol–water partition coefficient (Wildman–Crippen LogP) is 0.865. The summed E-state index contributed by atoms with van der Waals surface area (Å²) in [7, 11) is 0. The van der Waals surface area contributed by atoms with Crippen LogP contribution >= 0.6 is 0 Å². The second-order valence-corrected chi connectivity index (χ2v) is 5.42. The van der Waals surface area contributed by atoms with Crippen molar-refractivity contribution >= 4 is 11.6 Å². The molecule has 0 radical (unpaired) electrons. The third-order valence-corrected chi connectivity index (χ3v) is 4.22. The van der Waals surface area contributed by atoms with E-state index in [0.29, 0.717) is 13.1 Å². The number of aromatic nitrogens is 3. The normalized spacial score (nSPS) is 17.4. The summed E-state index contributed by atoms with van der Waals surface area (Å²) in [4.78, 5) is 12.4. The van der Waals surface area contributed by atoms with Gasteiger partial charge in [-0.3, -0.25) is 9.20 Å². The van der Waals surface area contributed by atoms with Gasteiger partial charge in [0.25, 0.3) is 0 Å². The van der Waals surface area contributed by atoms with Crippen LogP contribution in [0.1, 0.15) is 31.5 Å². The molecule has 0 aromatic carbocycles. The van der Waals surface area contributed by atoms with E-state index in [1.165, 1.54) is 0 Å². The largest absolute Gasteiger partial charge is 0.348 e. The average molecular weight is 273 g/mol. The highest BCUT2D eigenvalue weighted by atomic mass is 16.2. The van der Waals surface area contributed by atoms with Crippen LogP contribution < -0.4 is 11.1 Å². The summed E-state index contributed by atoms with van der Waals surface area (Å²) >= 11 is 0. The number of carbonyl (C=O) groups excluding carboxylic acids is 1. The molecule has 0 aliphatic heterocycles. The lowest BCUT2D eigenvalue weighted by atomic mass is 9.85. The van der Waals surface area contributed by atoms with Gasteiger partial charge >= 0.3 is 0 Å². The Bertz CT molecular complexity index is 615. The minimum absolute atomic E-state index is 0.0465. The van der Waals surface area contributed by atoms with Crippen molar-refractivity contribution in [3.8, 4) is 0 Å². The highest BCUT2D eigenvalue weighted by molar-refractivity contribution is 5.83. The maximum atomic E-state index is 12.4. The highest BCUT2D eigenvalue weighted by Crippen LogP contribution is 2.37. The number of amides is 1. The van der Waals surface area contributed by atoms with Crippen LogP contribution in [0.5, 0.6) is 0 Å². The van der Waals surface area contributed by atoms with Gasteiger partial charge < -0.3 is 11.1 Å². The van der Waals surface area contributed by atoms with E-state index in [2.05, 4.69) is 15.5 Å². The van der Waals surface area contributed by atoms with Crippen molar-refractivity contribution in [1.29, 1.82) is 0 Å². The highest BCUT2D eigenvalue weighted by Gasteiger charge is 2.39. The van der Waals surface area contributed by atoms with Crippen molar-refractivity contribution in [3.05, 3.63) is 30.2 Å². The fraction of sp³-hybridized carbons (Fsp3) is 0.500. The van der Waals surface area contributed by atoms with E-state index in [1.807, 2.05) is 28.8 Å². The summed E-state index contributed by atoms with van der Waals surface area (Å²) in [5, 5.41) is 11.1. The van der Waals surface area contributed by atoms with Gasteiger partial charge in [-0.05, 0) is 25.0 Å². The molecule has 2 aromatic heterocycles. The quantitative estimate of drug-likeness (QED) is 0.865. The van der Waals surface area contributed by atoms with E-state index < -0.39 is 0 Å². The number of pyridine rings is 1. The summed E-state index contributed by atoms with van der Waals surface area (Å²) in [6.07, 6.45) is 5.83. The number of rotatable bonds is 4. The van der Waals surface area contributed by atoms with Crippen molar-refractivity contribution in [2.75, 3.05) is 6.54 Å². The Morgan fingerprint density at radius 1 is 1.35 bits per heavy atom. The monoisotopic (exact) mass is 273 g/mol. The minimum Gasteiger partial charge on any atom is -0.348 e. The molecular formula is C14H19N5O. The van der Waals surface area contributed by atoms with Crippen LogP contribution in [0.15, 0.2) is 24.4 Å². The Labute approximate surface area is 117 Å². The van der Waals surface area contributed by atoms with Crippen LogP contribution in [0, 0.1) is 5.41 Å². The third-order valence-electron chi connectivity index (χ3n) is 4.22. The van der Waals surface area contributed by atoms with Crippen molar-refractivity contribution in [3.63, 3.8) is 0 Å². The molecule has 6 heteroatoms. The van der Waals surface area contributed by atoms with Crippen molar-refractivity contribution in [2.24, 2.45) is 11.1 Å². The molecule has 1 amide bonds. The molecule has 20 heavy (non-hydrogen) atoms. The molecule has 1 saturated carbocycles. The number of hydrogen-bond acceptors (Lipinski definition) is 4. The molecule has 2 heterocycles. The third kappa shape index (κ3) is 2.16. The molecule has 1 fully saturated rings. The second kappa shape index (κ2) is 5.20. The zero-order valence-corrected chi connectivity index (χ0v) is 11.4. The predicted molar refractivity (Wildman–Crippen MR) is 74.8 cm³/mol. The van der Waals surface area contributed by atoms with Crippen LogP contribution in [0.3, 0.4) is 0 Å². The SMILES string of the molecule is NCC1(C(=O)NCc2nnc3ccccn23)CCCC1. The van der Waals surface area contributed by atoms with Gasteiger partial charge in [-0.1, -0.05) is 18.9 Å². The molecule has 3 N–H and O–H groups in total. The van der Waals surface area contributed by atoms with E-state index >= 15 is 0 Å². The minimum atomic E-state index is -0.375. The molecule has 0 spiro atoms. The molecule has 2 aromatic rings. The van der Waals surface area contributed by atoms with Crippen LogP contribution in [0.25, 0.3) is 5.65 Å². The standard InChI is InChI=1S/C14H19N5O/c15-10-14(6-2-3-7-14)13(20)16-9-12-18-17-11-5-1-4-8-19(11)12/h1,4-5,8H,2-3,6-7,9-10,15H2,(H,16,20). The zero-order chi connectivity index (χ0) is 14.0. The molecule has 3 rings (SSSR count). The average Bonchev–Trinajstić information content (AvgIpc) is 3.12. The Hall–Kier alpha value is -1.95. The molecule has 0 saturated heterocycles. The second-order valence-electron chi connectivity index (χ2n) is 5.42. The molecule has 0 unspecified atom stereocenters. The van der Waals surface area contributed by atoms with Gasteiger partial charge in [0.05, 0.1) is 12.0 Å². The fourth-order valence-electron chi connectivity index (χ4n) is 2.93. The summed E-state index contributed by atoms with van der Waals surface area (Å²) in [6.45, 7) is 0.797. The summed E-state index contributed by atoms with van der Waals surface area (Å²) in [5.41, 5.74) is 6.22. The number of carbonyl (C=O) groups is 1. The first kappa shape index (κ1) is 13.1. The Morgan fingerprint density at radius 2 is 2.15 bits per heavy atom. The van der Waals surface area contributed by atoms with E-state index in [1.54, 1.807) is 0 Å². The van der Waals surface area contributed by atoms with Crippen molar-refractivity contribution < 1.29 is 4.79 Å². The molecule has 0 atom stereocenters. The van der Waals surface area contributed by atoms with Gasteiger partial charge in [0, 0.05) is 12.7 Å². The maximum absolute atomic E-state index is 12.4. The summed E-state index contributed by atoms with van der Waals surface area (Å²) in [5.74, 6) is 0.782. The summed E-state index contributed by atoms with van der Waals surface area (Å²) in [6, 6.07) is 5.71. The van der Waals surface area contributed by atoms with E-state index in [-0.39, 0.29) is 11.3 Å². The van der Waals surface area contributed by atoms with E-state index in [0.717, 1.165) is 37.2 Å². The van der Waals surface area contributed by atoms with Gasteiger partial charge in [0.15, 0.2) is 11.5 Å². The lowest BCUT2D eigenvalue weighted by Crippen LogP contribution is -2.44. The lowest BCUT2D eigenvalue weighted by molar-refractivity contribution is -0.130. The van der Waals surface area contributed by atoms with Crippen molar-refractivity contribution in [1.82, 2.24) is 19.9 Å². The molecule has 1 aliphatic carbocycles. The Morgan fingerprint density at radius 3 is 2.90 bits per heavy atom. The van der Waals surface area contributed by atoms with Crippen LogP contribution in [-0.2, 0) is 11.3 Å². The number of nitrogens with one attached hydrogen (secondary N) is 1.